The molecular formula is C19H20ClN3O3. The van der Waals surface area contributed by atoms with E-state index in [-0.39, 0.29) is 24.8 Å². The first-order valence-corrected chi connectivity index (χ1v) is 9.25. The Balaban J connectivity index is 1.55. The van der Waals surface area contributed by atoms with Crippen LogP contribution in [0.25, 0.3) is 0 Å². The standard InChI is InChI=1S/C19H20ClN3O3/c20-13-3-1-12(2-4-13)19(7-8-19)17(26)23-10-14(24)9-15(23)16(25)22-18(11-21)5-6-18/h1-4,14-15,24H,5-10H2,(H,22,25)/t14-,15-/m0/s1. The van der Waals surface area contributed by atoms with E-state index in [1.165, 1.54) is 4.90 Å². The molecule has 4 rings (SSSR count). The van der Waals surface area contributed by atoms with Crippen molar-refractivity contribution in [3.8, 4) is 6.07 Å². The Morgan fingerprint density at radius 2 is 1.88 bits per heavy atom. The van der Waals surface area contributed by atoms with Crippen LogP contribution in [0, 0.1) is 11.3 Å². The quantitative estimate of drug-likeness (QED) is 0.836. The fraction of sp³-hybridized carbons (Fsp3) is 0.526. The Morgan fingerprint density at radius 1 is 1.23 bits per heavy atom. The minimum absolute atomic E-state index is 0.127. The van der Waals surface area contributed by atoms with E-state index >= 15 is 0 Å². The molecule has 1 saturated heterocycles. The highest BCUT2D eigenvalue weighted by Gasteiger charge is 2.56. The Hall–Kier alpha value is -2.10. The molecule has 6 nitrogen and oxygen atoms in total. The summed E-state index contributed by atoms with van der Waals surface area (Å²) in [5.74, 6) is -0.473. The molecular weight excluding hydrogens is 354 g/mol. The van der Waals surface area contributed by atoms with Gasteiger partial charge in [0.1, 0.15) is 11.6 Å². The number of likely N-dealkylation sites (tertiary alicyclic amines) is 1. The summed E-state index contributed by atoms with van der Waals surface area (Å²) < 4.78 is 0. The molecule has 0 aromatic heterocycles. The summed E-state index contributed by atoms with van der Waals surface area (Å²) in [4.78, 5) is 27.4. The van der Waals surface area contributed by atoms with E-state index in [0.29, 0.717) is 17.9 Å². The van der Waals surface area contributed by atoms with Crippen LogP contribution >= 0.6 is 11.6 Å². The lowest BCUT2D eigenvalue weighted by atomic mass is 9.94. The van der Waals surface area contributed by atoms with Crippen molar-refractivity contribution in [3.63, 3.8) is 0 Å². The molecule has 3 aliphatic rings. The summed E-state index contributed by atoms with van der Waals surface area (Å²) in [5, 5.41) is 22.6. The second kappa shape index (κ2) is 5.97. The summed E-state index contributed by atoms with van der Waals surface area (Å²) in [5.41, 5.74) is -0.518. The largest absolute Gasteiger partial charge is 0.391 e. The average molecular weight is 374 g/mol. The summed E-state index contributed by atoms with van der Waals surface area (Å²) in [6.45, 7) is 0.145. The number of carbonyl (C=O) groups excluding carboxylic acids is 2. The molecule has 0 radical (unpaired) electrons. The molecule has 7 heteroatoms. The van der Waals surface area contributed by atoms with Gasteiger partial charge in [0.2, 0.25) is 11.8 Å². The first kappa shape index (κ1) is 17.3. The first-order valence-electron chi connectivity index (χ1n) is 8.88. The second-order valence-corrected chi connectivity index (χ2v) is 8.07. The highest BCUT2D eigenvalue weighted by Crippen LogP contribution is 2.50. The first-order chi connectivity index (χ1) is 12.4. The number of hydrogen-bond acceptors (Lipinski definition) is 4. The highest BCUT2D eigenvalue weighted by atomic mass is 35.5. The number of nitrogens with one attached hydrogen (secondary N) is 1. The van der Waals surface area contributed by atoms with E-state index < -0.39 is 23.1 Å². The normalized spacial score (nSPS) is 27.5. The summed E-state index contributed by atoms with van der Waals surface area (Å²) in [7, 11) is 0. The van der Waals surface area contributed by atoms with Gasteiger partial charge in [0.15, 0.2) is 0 Å². The van der Waals surface area contributed by atoms with Crippen molar-refractivity contribution < 1.29 is 14.7 Å². The fourth-order valence-corrected chi connectivity index (χ4v) is 3.92. The van der Waals surface area contributed by atoms with Crippen LogP contribution in [-0.4, -0.2) is 46.1 Å². The number of carbonyl (C=O) groups is 2. The van der Waals surface area contributed by atoms with E-state index in [2.05, 4.69) is 11.4 Å². The number of amides is 2. The molecule has 2 N–H and O–H groups in total. The third kappa shape index (κ3) is 2.85. The van der Waals surface area contributed by atoms with Gasteiger partial charge in [0, 0.05) is 18.0 Å². The number of benzene rings is 1. The van der Waals surface area contributed by atoms with Crippen molar-refractivity contribution in [1.82, 2.24) is 10.2 Å². The second-order valence-electron chi connectivity index (χ2n) is 7.63. The average Bonchev–Trinajstić information content (AvgIpc) is 3.54. The molecule has 2 amide bonds. The number of halogens is 1. The van der Waals surface area contributed by atoms with E-state index in [4.69, 9.17) is 11.6 Å². The van der Waals surface area contributed by atoms with Gasteiger partial charge in [-0.15, -0.1) is 0 Å². The van der Waals surface area contributed by atoms with Gasteiger partial charge in [0.25, 0.3) is 0 Å². The molecule has 1 aliphatic heterocycles. The molecule has 26 heavy (non-hydrogen) atoms. The zero-order valence-corrected chi connectivity index (χ0v) is 15.0. The highest BCUT2D eigenvalue weighted by molar-refractivity contribution is 6.30. The van der Waals surface area contributed by atoms with Crippen LogP contribution < -0.4 is 5.32 Å². The SMILES string of the molecule is N#CC1(NC(=O)[C@@H]2C[C@H](O)CN2C(=O)C2(c3ccc(Cl)cc3)CC2)CC1. The van der Waals surface area contributed by atoms with Gasteiger partial charge in [-0.2, -0.15) is 5.26 Å². The lowest BCUT2D eigenvalue weighted by Gasteiger charge is -2.29. The molecule has 2 atom stereocenters. The fourth-order valence-electron chi connectivity index (χ4n) is 3.79. The Morgan fingerprint density at radius 3 is 2.42 bits per heavy atom. The predicted molar refractivity (Wildman–Crippen MR) is 94.2 cm³/mol. The summed E-state index contributed by atoms with van der Waals surface area (Å²) >= 11 is 5.95. The van der Waals surface area contributed by atoms with Crippen molar-refractivity contribution >= 4 is 23.4 Å². The number of β-amino-alcohol motifs (C(OH)–C–C–N with tert-alkyl or cyclic N) is 1. The topological polar surface area (TPSA) is 93.4 Å². The molecule has 1 aromatic rings. The third-order valence-corrected chi connectivity index (χ3v) is 5.98. The molecule has 2 saturated carbocycles. The molecule has 1 aromatic carbocycles. The number of nitriles is 1. The maximum Gasteiger partial charge on any atom is 0.244 e. The van der Waals surface area contributed by atoms with Gasteiger partial charge < -0.3 is 15.3 Å². The van der Waals surface area contributed by atoms with Gasteiger partial charge in [-0.3, -0.25) is 9.59 Å². The van der Waals surface area contributed by atoms with Crippen LogP contribution in [-0.2, 0) is 15.0 Å². The van der Waals surface area contributed by atoms with Crippen LogP contribution in [0.5, 0.6) is 0 Å². The Bertz CT molecular complexity index is 793. The molecule has 3 fully saturated rings. The van der Waals surface area contributed by atoms with E-state index in [0.717, 1.165) is 18.4 Å². The van der Waals surface area contributed by atoms with Crippen LogP contribution in [0.1, 0.15) is 37.7 Å². The zero-order chi connectivity index (χ0) is 18.5. The number of hydrogen-bond donors (Lipinski definition) is 2. The van der Waals surface area contributed by atoms with Crippen molar-refractivity contribution in [3.05, 3.63) is 34.9 Å². The van der Waals surface area contributed by atoms with Gasteiger partial charge in [-0.25, -0.2) is 0 Å². The molecule has 2 aliphatic carbocycles. The van der Waals surface area contributed by atoms with Crippen LogP contribution in [0.3, 0.4) is 0 Å². The van der Waals surface area contributed by atoms with Crippen molar-refractivity contribution in [1.29, 1.82) is 5.26 Å². The summed E-state index contributed by atoms with van der Waals surface area (Å²) in [6, 6.07) is 8.62. The lowest BCUT2D eigenvalue weighted by molar-refractivity contribution is -0.140. The molecule has 136 valence electrons. The van der Waals surface area contributed by atoms with Gasteiger partial charge in [-0.1, -0.05) is 23.7 Å². The molecule has 0 spiro atoms. The maximum absolute atomic E-state index is 13.3. The van der Waals surface area contributed by atoms with Crippen molar-refractivity contribution in [2.24, 2.45) is 0 Å². The zero-order valence-electron chi connectivity index (χ0n) is 14.2. The minimum atomic E-state index is -0.785. The minimum Gasteiger partial charge on any atom is -0.391 e. The summed E-state index contributed by atoms with van der Waals surface area (Å²) in [6.07, 6.45) is 2.18. The number of nitrogens with zero attached hydrogens (tertiary/aromatic N) is 2. The molecule has 0 unspecified atom stereocenters. The lowest BCUT2D eigenvalue weighted by Crippen LogP contribution is -2.51. The van der Waals surface area contributed by atoms with Crippen LogP contribution in [0.4, 0.5) is 0 Å². The van der Waals surface area contributed by atoms with Gasteiger partial charge in [-0.05, 0) is 43.4 Å². The molecule has 1 heterocycles. The Labute approximate surface area is 156 Å². The van der Waals surface area contributed by atoms with Crippen LogP contribution in [0.15, 0.2) is 24.3 Å². The van der Waals surface area contributed by atoms with E-state index in [1.807, 2.05) is 12.1 Å². The maximum atomic E-state index is 13.3. The van der Waals surface area contributed by atoms with Crippen LogP contribution in [0.2, 0.25) is 5.02 Å². The van der Waals surface area contributed by atoms with Gasteiger partial charge >= 0.3 is 0 Å². The number of rotatable bonds is 4. The predicted octanol–water partition coefficient (Wildman–Crippen LogP) is 1.51. The monoisotopic (exact) mass is 373 g/mol. The smallest absolute Gasteiger partial charge is 0.244 e. The third-order valence-electron chi connectivity index (χ3n) is 5.73. The van der Waals surface area contributed by atoms with E-state index in [9.17, 15) is 20.0 Å². The van der Waals surface area contributed by atoms with Crippen molar-refractivity contribution in [2.45, 2.75) is 55.2 Å². The number of aliphatic hydroxyl groups excluding tert-OH is 1. The van der Waals surface area contributed by atoms with E-state index in [1.54, 1.807) is 12.1 Å². The van der Waals surface area contributed by atoms with Crippen molar-refractivity contribution in [2.75, 3.05) is 6.54 Å². The Kier molecular flexibility index (Phi) is 3.98. The molecule has 0 bridgehead atoms. The number of aliphatic hydroxyl groups is 1. The van der Waals surface area contributed by atoms with Gasteiger partial charge in [0.05, 0.1) is 17.6 Å².